The van der Waals surface area contributed by atoms with Crippen LogP contribution in [0.3, 0.4) is 0 Å². The van der Waals surface area contributed by atoms with Crippen molar-refractivity contribution in [1.82, 2.24) is 19.4 Å². The molecule has 0 amide bonds. The number of nitrogens with one attached hydrogen (secondary N) is 1. The minimum absolute atomic E-state index is 0.142. The molecule has 0 aliphatic carbocycles. The second-order valence-corrected chi connectivity index (χ2v) is 6.72. The molecule has 0 spiro atoms. The van der Waals surface area contributed by atoms with Crippen LogP contribution in [0, 0.1) is 0 Å². The number of H-pyrrole nitrogens is 1. The average Bonchev–Trinajstić information content (AvgIpc) is 3.16. The minimum Gasteiger partial charge on any atom is -0.497 e. The molecule has 7 heteroatoms. The Kier molecular flexibility index (Phi) is 5.22. The van der Waals surface area contributed by atoms with E-state index in [1.165, 1.54) is 0 Å². The summed E-state index contributed by atoms with van der Waals surface area (Å²) >= 11 is 0. The van der Waals surface area contributed by atoms with E-state index in [0.29, 0.717) is 11.4 Å². The molecule has 4 rings (SSSR count). The normalized spacial score (nSPS) is 15.3. The van der Waals surface area contributed by atoms with Crippen molar-refractivity contribution in [3.8, 4) is 17.1 Å². The second kappa shape index (κ2) is 7.94. The number of benzene rings is 1. The van der Waals surface area contributed by atoms with E-state index in [-0.39, 0.29) is 5.56 Å². The monoisotopic (exact) mass is 368 g/mol. The van der Waals surface area contributed by atoms with Gasteiger partial charge in [-0.05, 0) is 30.0 Å². The molecule has 1 saturated heterocycles. The van der Waals surface area contributed by atoms with Crippen molar-refractivity contribution in [3.05, 3.63) is 47.0 Å². The van der Waals surface area contributed by atoms with E-state index in [9.17, 15) is 4.79 Å². The van der Waals surface area contributed by atoms with Crippen LogP contribution in [0.2, 0.25) is 0 Å². The maximum absolute atomic E-state index is 12.6. The summed E-state index contributed by atoms with van der Waals surface area (Å²) in [5.41, 5.74) is 1.20. The predicted molar refractivity (Wildman–Crippen MR) is 104 cm³/mol. The number of ether oxygens (including phenoxy) is 2. The fourth-order valence-corrected chi connectivity index (χ4v) is 3.50. The summed E-state index contributed by atoms with van der Waals surface area (Å²) < 4.78 is 12.7. The first-order chi connectivity index (χ1) is 13.2. The van der Waals surface area contributed by atoms with Crippen LogP contribution >= 0.6 is 0 Å². The van der Waals surface area contributed by atoms with Gasteiger partial charge in [-0.1, -0.05) is 0 Å². The van der Waals surface area contributed by atoms with Gasteiger partial charge < -0.3 is 19.0 Å². The van der Waals surface area contributed by atoms with E-state index in [1.807, 2.05) is 30.5 Å². The van der Waals surface area contributed by atoms with Crippen LogP contribution < -0.4 is 10.3 Å². The Morgan fingerprint density at radius 3 is 2.89 bits per heavy atom. The topological polar surface area (TPSA) is 72.4 Å². The van der Waals surface area contributed by atoms with Gasteiger partial charge >= 0.3 is 0 Å². The molecular weight excluding hydrogens is 344 g/mol. The number of fused-ring (bicyclic) bond motifs is 1. The lowest BCUT2D eigenvalue weighted by molar-refractivity contribution is 0.0369. The summed E-state index contributed by atoms with van der Waals surface area (Å²) in [6, 6.07) is 7.56. The number of nitrogens with zero attached hydrogens (tertiary/aromatic N) is 3. The SMILES string of the molecule is COc1ccc2cc(-c3nccn3CCCN3CCOCC3)c(=O)[nH]c2c1. The van der Waals surface area contributed by atoms with Gasteiger partial charge in [-0.25, -0.2) is 4.98 Å². The molecule has 27 heavy (non-hydrogen) atoms. The van der Waals surface area contributed by atoms with Crippen molar-refractivity contribution in [2.45, 2.75) is 13.0 Å². The van der Waals surface area contributed by atoms with Gasteiger partial charge in [0.2, 0.25) is 0 Å². The molecule has 0 radical (unpaired) electrons. The number of rotatable bonds is 6. The molecule has 1 aliphatic rings. The molecule has 1 aliphatic heterocycles. The number of methoxy groups -OCH3 is 1. The molecule has 0 bridgehead atoms. The Morgan fingerprint density at radius 1 is 1.22 bits per heavy atom. The summed E-state index contributed by atoms with van der Waals surface area (Å²) in [6.07, 6.45) is 4.69. The molecule has 2 aromatic heterocycles. The van der Waals surface area contributed by atoms with Crippen LogP contribution in [0.5, 0.6) is 5.75 Å². The van der Waals surface area contributed by atoms with Gasteiger partial charge in [0.15, 0.2) is 0 Å². The molecular formula is C20H24N4O3. The fourth-order valence-electron chi connectivity index (χ4n) is 3.50. The van der Waals surface area contributed by atoms with Crippen molar-refractivity contribution in [3.63, 3.8) is 0 Å². The Hall–Kier alpha value is -2.64. The highest BCUT2D eigenvalue weighted by atomic mass is 16.5. The molecule has 142 valence electrons. The summed E-state index contributed by atoms with van der Waals surface area (Å²) in [5.74, 6) is 1.42. The molecule has 0 saturated carbocycles. The van der Waals surface area contributed by atoms with Crippen LogP contribution in [-0.2, 0) is 11.3 Å². The third-order valence-electron chi connectivity index (χ3n) is 4.99. The van der Waals surface area contributed by atoms with Crippen molar-refractivity contribution in [1.29, 1.82) is 0 Å². The van der Waals surface area contributed by atoms with Gasteiger partial charge in [0.25, 0.3) is 5.56 Å². The Morgan fingerprint density at radius 2 is 2.07 bits per heavy atom. The molecule has 3 heterocycles. The number of aryl methyl sites for hydroxylation is 1. The molecule has 0 atom stereocenters. The van der Waals surface area contributed by atoms with Crippen LogP contribution in [0.25, 0.3) is 22.3 Å². The fraction of sp³-hybridized carbons (Fsp3) is 0.400. The van der Waals surface area contributed by atoms with Gasteiger partial charge in [-0.3, -0.25) is 9.69 Å². The third-order valence-corrected chi connectivity index (χ3v) is 4.99. The Balaban J connectivity index is 1.54. The van der Waals surface area contributed by atoms with E-state index in [4.69, 9.17) is 9.47 Å². The van der Waals surface area contributed by atoms with Crippen molar-refractivity contribution >= 4 is 10.9 Å². The maximum Gasteiger partial charge on any atom is 0.259 e. The highest BCUT2D eigenvalue weighted by Gasteiger charge is 2.13. The molecule has 1 aromatic carbocycles. The summed E-state index contributed by atoms with van der Waals surface area (Å²) in [4.78, 5) is 22.4. The molecule has 1 fully saturated rings. The average molecular weight is 368 g/mol. The van der Waals surface area contributed by atoms with Gasteiger partial charge in [0.05, 0.1) is 31.4 Å². The van der Waals surface area contributed by atoms with Crippen molar-refractivity contribution < 1.29 is 9.47 Å². The summed E-state index contributed by atoms with van der Waals surface area (Å²) in [7, 11) is 1.61. The molecule has 7 nitrogen and oxygen atoms in total. The van der Waals surface area contributed by atoms with Crippen LogP contribution in [-0.4, -0.2) is 59.4 Å². The lowest BCUT2D eigenvalue weighted by Gasteiger charge is -2.26. The van der Waals surface area contributed by atoms with Gasteiger partial charge in [-0.15, -0.1) is 0 Å². The maximum atomic E-state index is 12.6. The van der Waals surface area contributed by atoms with Crippen molar-refractivity contribution in [2.75, 3.05) is 40.0 Å². The number of hydrogen-bond acceptors (Lipinski definition) is 5. The van der Waals surface area contributed by atoms with Crippen LogP contribution in [0.15, 0.2) is 41.5 Å². The number of morpholine rings is 1. The van der Waals surface area contributed by atoms with Gasteiger partial charge in [-0.2, -0.15) is 0 Å². The standard InChI is InChI=1S/C20H24N4O3/c1-26-16-4-3-15-13-17(20(25)22-18(15)14-16)19-21-5-8-24(19)7-2-6-23-9-11-27-12-10-23/h3-5,8,13-14H,2,6-7,9-12H2,1H3,(H,22,25). The van der Waals surface area contributed by atoms with E-state index in [1.54, 1.807) is 13.3 Å². The summed E-state index contributed by atoms with van der Waals surface area (Å²) in [6.45, 7) is 5.46. The molecule has 0 unspecified atom stereocenters. The zero-order chi connectivity index (χ0) is 18.6. The zero-order valence-corrected chi connectivity index (χ0v) is 15.5. The smallest absolute Gasteiger partial charge is 0.259 e. The second-order valence-electron chi connectivity index (χ2n) is 6.72. The van der Waals surface area contributed by atoms with Crippen molar-refractivity contribution in [2.24, 2.45) is 0 Å². The Labute approximate surface area is 157 Å². The van der Waals surface area contributed by atoms with E-state index in [2.05, 4.69) is 19.4 Å². The minimum atomic E-state index is -0.142. The number of aromatic amines is 1. The Bertz CT molecular complexity index is 973. The zero-order valence-electron chi connectivity index (χ0n) is 15.5. The number of imidazole rings is 1. The lowest BCUT2D eigenvalue weighted by atomic mass is 10.1. The number of hydrogen-bond donors (Lipinski definition) is 1. The summed E-state index contributed by atoms with van der Waals surface area (Å²) in [5, 5.41) is 0.952. The highest BCUT2D eigenvalue weighted by Crippen LogP contribution is 2.22. The lowest BCUT2D eigenvalue weighted by Crippen LogP contribution is -2.37. The third kappa shape index (κ3) is 3.89. The van der Waals surface area contributed by atoms with E-state index in [0.717, 1.165) is 62.5 Å². The van der Waals surface area contributed by atoms with E-state index < -0.39 is 0 Å². The number of pyridine rings is 1. The first-order valence-corrected chi connectivity index (χ1v) is 9.27. The van der Waals surface area contributed by atoms with Crippen LogP contribution in [0.4, 0.5) is 0 Å². The first kappa shape index (κ1) is 17.8. The largest absolute Gasteiger partial charge is 0.497 e. The molecule has 3 aromatic rings. The van der Waals surface area contributed by atoms with Gasteiger partial charge in [0.1, 0.15) is 11.6 Å². The van der Waals surface area contributed by atoms with Crippen LogP contribution in [0.1, 0.15) is 6.42 Å². The highest BCUT2D eigenvalue weighted by molar-refractivity contribution is 5.83. The number of aromatic nitrogens is 3. The van der Waals surface area contributed by atoms with E-state index >= 15 is 0 Å². The van der Waals surface area contributed by atoms with Gasteiger partial charge in [0, 0.05) is 44.6 Å². The quantitative estimate of drug-likeness (QED) is 0.722. The first-order valence-electron chi connectivity index (χ1n) is 9.27. The molecule has 1 N–H and O–H groups in total. The predicted octanol–water partition coefficient (Wildman–Crippen LogP) is 2.12.